The Morgan fingerprint density at radius 2 is 2.05 bits per heavy atom. The average molecular weight is 265 g/mol. The zero-order valence-electron chi connectivity index (χ0n) is 12.1. The minimum Gasteiger partial charge on any atom is -0.481 e. The second-order valence-corrected chi connectivity index (χ2v) is 5.24. The Morgan fingerprint density at radius 3 is 2.63 bits per heavy atom. The number of carboxylic acid groups (broad SMARTS) is 1. The molecule has 0 saturated heterocycles. The summed E-state index contributed by atoms with van der Waals surface area (Å²) in [5.74, 6) is 0.247. The van der Waals surface area contributed by atoms with E-state index in [0.717, 1.165) is 17.8 Å². The lowest BCUT2D eigenvalue weighted by Gasteiger charge is -2.15. The van der Waals surface area contributed by atoms with Crippen LogP contribution in [0.4, 0.5) is 5.95 Å². The molecule has 1 heterocycles. The Morgan fingerprint density at radius 1 is 1.37 bits per heavy atom. The average Bonchev–Trinajstić information content (AvgIpc) is 2.27. The number of hydrogen-bond donors (Lipinski definition) is 2. The van der Waals surface area contributed by atoms with Gasteiger partial charge in [-0.2, -0.15) is 0 Å². The highest BCUT2D eigenvalue weighted by Gasteiger charge is 2.09. The van der Waals surface area contributed by atoms with Crippen LogP contribution >= 0.6 is 0 Å². The molecule has 5 heteroatoms. The third kappa shape index (κ3) is 5.68. The van der Waals surface area contributed by atoms with Crippen LogP contribution in [0.15, 0.2) is 6.07 Å². The maximum atomic E-state index is 10.5. The molecule has 1 unspecified atom stereocenters. The maximum absolute atomic E-state index is 10.5. The Kier molecular flexibility index (Phi) is 5.73. The summed E-state index contributed by atoms with van der Waals surface area (Å²) in [6, 6.07) is 2.16. The van der Waals surface area contributed by atoms with Crippen LogP contribution in [0.1, 0.15) is 57.3 Å². The lowest BCUT2D eigenvalue weighted by atomic mass is 10.1. The number of nitrogens with zero attached hydrogens (tertiary/aromatic N) is 2. The van der Waals surface area contributed by atoms with Gasteiger partial charge in [-0.15, -0.1) is 0 Å². The van der Waals surface area contributed by atoms with Gasteiger partial charge in [0.05, 0.1) is 0 Å². The summed E-state index contributed by atoms with van der Waals surface area (Å²) < 4.78 is 0. The highest BCUT2D eigenvalue weighted by Crippen LogP contribution is 2.15. The van der Waals surface area contributed by atoms with E-state index in [0.29, 0.717) is 18.3 Å². The predicted molar refractivity (Wildman–Crippen MR) is 75.4 cm³/mol. The minimum atomic E-state index is -0.749. The van der Waals surface area contributed by atoms with Crippen LogP contribution < -0.4 is 5.32 Å². The van der Waals surface area contributed by atoms with Gasteiger partial charge in [-0.25, -0.2) is 9.97 Å². The molecule has 0 aliphatic heterocycles. The molecule has 0 radical (unpaired) electrons. The largest absolute Gasteiger partial charge is 0.481 e. The molecule has 19 heavy (non-hydrogen) atoms. The van der Waals surface area contributed by atoms with Crippen LogP contribution in [0.25, 0.3) is 0 Å². The molecule has 0 bridgehead atoms. The van der Waals surface area contributed by atoms with Gasteiger partial charge in [0.1, 0.15) is 0 Å². The molecule has 0 aromatic carbocycles. The number of anilines is 1. The van der Waals surface area contributed by atoms with Crippen LogP contribution in [0.3, 0.4) is 0 Å². The fraction of sp³-hybridized carbons (Fsp3) is 0.643. The number of nitrogens with one attached hydrogen (secondary N) is 1. The summed E-state index contributed by atoms with van der Waals surface area (Å²) in [4.78, 5) is 19.3. The molecule has 5 nitrogen and oxygen atoms in total. The molecule has 0 spiro atoms. The van der Waals surface area contributed by atoms with Gasteiger partial charge in [0, 0.05) is 23.9 Å². The Bertz CT molecular complexity index is 433. The van der Waals surface area contributed by atoms with E-state index in [-0.39, 0.29) is 12.5 Å². The first-order chi connectivity index (χ1) is 8.88. The first-order valence-corrected chi connectivity index (χ1v) is 6.72. The van der Waals surface area contributed by atoms with Crippen molar-refractivity contribution in [1.82, 2.24) is 9.97 Å². The number of rotatable bonds is 7. The van der Waals surface area contributed by atoms with Crippen molar-refractivity contribution >= 4 is 11.9 Å². The van der Waals surface area contributed by atoms with E-state index in [1.165, 1.54) is 0 Å². The van der Waals surface area contributed by atoms with Crippen molar-refractivity contribution < 1.29 is 9.90 Å². The fourth-order valence-electron chi connectivity index (χ4n) is 1.81. The van der Waals surface area contributed by atoms with Crippen molar-refractivity contribution in [3.8, 4) is 0 Å². The van der Waals surface area contributed by atoms with Gasteiger partial charge >= 0.3 is 5.97 Å². The van der Waals surface area contributed by atoms with Gasteiger partial charge in [0.15, 0.2) is 0 Å². The molecule has 2 N–H and O–H groups in total. The summed E-state index contributed by atoms with van der Waals surface area (Å²) in [6.07, 6.45) is 1.66. The standard InChI is InChI=1S/C14H23N3O2/c1-9(2)12-8-11(4)16-14(17-12)15-10(3)6-5-7-13(18)19/h8-10H,5-7H2,1-4H3,(H,18,19)(H,15,16,17). The number of aryl methyl sites for hydroxylation is 1. The first-order valence-electron chi connectivity index (χ1n) is 6.72. The van der Waals surface area contributed by atoms with Crippen molar-refractivity contribution in [2.75, 3.05) is 5.32 Å². The molecule has 1 aromatic rings. The summed E-state index contributed by atoms with van der Waals surface area (Å²) in [5.41, 5.74) is 1.96. The number of carboxylic acids is 1. The molecular weight excluding hydrogens is 242 g/mol. The quantitative estimate of drug-likeness (QED) is 0.792. The van der Waals surface area contributed by atoms with E-state index in [4.69, 9.17) is 5.11 Å². The summed E-state index contributed by atoms with van der Waals surface area (Å²) in [7, 11) is 0. The molecule has 1 aromatic heterocycles. The van der Waals surface area contributed by atoms with Crippen molar-refractivity contribution in [3.63, 3.8) is 0 Å². The molecule has 1 atom stereocenters. The molecule has 106 valence electrons. The summed E-state index contributed by atoms with van der Waals surface area (Å²) in [5, 5.41) is 11.8. The van der Waals surface area contributed by atoms with Gasteiger partial charge < -0.3 is 10.4 Å². The van der Waals surface area contributed by atoms with Gasteiger partial charge in [-0.05, 0) is 38.7 Å². The summed E-state index contributed by atoms with van der Waals surface area (Å²) in [6.45, 7) is 8.17. The smallest absolute Gasteiger partial charge is 0.303 e. The third-order valence-electron chi connectivity index (χ3n) is 2.87. The fourth-order valence-corrected chi connectivity index (χ4v) is 1.81. The van der Waals surface area contributed by atoms with Gasteiger partial charge in [0.2, 0.25) is 5.95 Å². The predicted octanol–water partition coefficient (Wildman–Crippen LogP) is 2.96. The second-order valence-electron chi connectivity index (χ2n) is 5.24. The topological polar surface area (TPSA) is 75.1 Å². The van der Waals surface area contributed by atoms with Crippen LogP contribution in [0.5, 0.6) is 0 Å². The van der Waals surface area contributed by atoms with Crippen molar-refractivity contribution in [1.29, 1.82) is 0 Å². The SMILES string of the molecule is Cc1cc(C(C)C)nc(NC(C)CCCC(=O)O)n1. The molecule has 0 aliphatic rings. The Hall–Kier alpha value is -1.65. The van der Waals surface area contributed by atoms with Gasteiger partial charge in [-0.1, -0.05) is 13.8 Å². The molecule has 1 rings (SSSR count). The van der Waals surface area contributed by atoms with Gasteiger partial charge in [0.25, 0.3) is 0 Å². The highest BCUT2D eigenvalue weighted by atomic mass is 16.4. The van der Waals surface area contributed by atoms with Crippen LogP contribution in [0, 0.1) is 6.92 Å². The lowest BCUT2D eigenvalue weighted by molar-refractivity contribution is -0.137. The number of aliphatic carboxylic acids is 1. The van der Waals surface area contributed by atoms with Crippen LogP contribution in [-0.4, -0.2) is 27.1 Å². The number of carbonyl (C=O) groups is 1. The van der Waals surface area contributed by atoms with E-state index >= 15 is 0 Å². The van der Waals surface area contributed by atoms with Crippen molar-refractivity contribution in [2.45, 2.75) is 58.9 Å². The normalized spacial score (nSPS) is 12.5. The maximum Gasteiger partial charge on any atom is 0.303 e. The highest BCUT2D eigenvalue weighted by molar-refractivity contribution is 5.66. The van der Waals surface area contributed by atoms with E-state index in [2.05, 4.69) is 29.1 Å². The second kappa shape index (κ2) is 7.07. The first kappa shape index (κ1) is 15.4. The molecule has 0 aliphatic carbocycles. The molecule has 0 amide bonds. The Balaban J connectivity index is 2.58. The van der Waals surface area contributed by atoms with Crippen molar-refractivity contribution in [2.24, 2.45) is 0 Å². The number of aromatic nitrogens is 2. The van der Waals surface area contributed by atoms with E-state index < -0.39 is 5.97 Å². The molecule has 0 fully saturated rings. The van der Waals surface area contributed by atoms with Crippen LogP contribution in [0.2, 0.25) is 0 Å². The van der Waals surface area contributed by atoms with E-state index in [9.17, 15) is 4.79 Å². The number of hydrogen-bond acceptors (Lipinski definition) is 4. The summed E-state index contributed by atoms with van der Waals surface area (Å²) >= 11 is 0. The van der Waals surface area contributed by atoms with Crippen LogP contribution in [-0.2, 0) is 4.79 Å². The molecule has 0 saturated carbocycles. The van der Waals surface area contributed by atoms with E-state index in [1.807, 2.05) is 19.9 Å². The van der Waals surface area contributed by atoms with Gasteiger partial charge in [-0.3, -0.25) is 4.79 Å². The van der Waals surface area contributed by atoms with E-state index in [1.54, 1.807) is 0 Å². The lowest BCUT2D eigenvalue weighted by Crippen LogP contribution is -2.18. The zero-order chi connectivity index (χ0) is 14.4. The minimum absolute atomic E-state index is 0.168. The third-order valence-corrected chi connectivity index (χ3v) is 2.87. The van der Waals surface area contributed by atoms with Crippen molar-refractivity contribution in [3.05, 3.63) is 17.5 Å². The monoisotopic (exact) mass is 265 g/mol. The Labute approximate surface area is 114 Å². The molecular formula is C14H23N3O2. The zero-order valence-corrected chi connectivity index (χ0v) is 12.1.